The number of fused-ring (bicyclic) bond motifs is 1. The van der Waals surface area contributed by atoms with E-state index in [-0.39, 0.29) is 5.71 Å². The highest BCUT2D eigenvalue weighted by atomic mass is 16.4. The molecule has 0 spiro atoms. The summed E-state index contributed by atoms with van der Waals surface area (Å²) in [5, 5.41) is 9.43. The van der Waals surface area contributed by atoms with Gasteiger partial charge in [0.15, 0.2) is 0 Å². The number of rotatable bonds is 3. The number of carboxylic acid groups (broad SMARTS) is 1. The maximum absolute atomic E-state index is 11.5. The molecule has 2 aliphatic carbocycles. The molecule has 0 aromatic carbocycles. The molecule has 0 amide bonds. The van der Waals surface area contributed by atoms with Crippen LogP contribution in [-0.2, 0) is 4.79 Å². The largest absolute Gasteiger partial charge is 0.477 e. The number of aryl methyl sites for hydroxylation is 2. The van der Waals surface area contributed by atoms with Crippen molar-refractivity contribution in [3.63, 3.8) is 0 Å². The fraction of sp³-hybridized carbons (Fsp3) is 0.364. The van der Waals surface area contributed by atoms with Crippen LogP contribution in [0.1, 0.15) is 54.9 Å². The highest BCUT2D eigenvalue weighted by Gasteiger charge is 2.21. The van der Waals surface area contributed by atoms with Crippen LogP contribution >= 0.6 is 0 Å². The van der Waals surface area contributed by atoms with Gasteiger partial charge in [-0.25, -0.2) is 4.79 Å². The van der Waals surface area contributed by atoms with Crippen molar-refractivity contribution in [2.24, 2.45) is 4.99 Å². The quantitative estimate of drug-likeness (QED) is 0.834. The van der Waals surface area contributed by atoms with Gasteiger partial charge >= 0.3 is 5.97 Å². The molecule has 3 heteroatoms. The number of carboxylic acids is 1. The molecular weight excluding hydrogens is 310 g/mol. The average Bonchev–Trinajstić information content (AvgIpc) is 2.74. The molecule has 1 aliphatic heterocycles. The zero-order valence-corrected chi connectivity index (χ0v) is 15.4. The lowest BCUT2D eigenvalue weighted by atomic mass is 9.96. The highest BCUT2D eigenvalue weighted by molar-refractivity contribution is 6.43. The van der Waals surface area contributed by atoms with Crippen LogP contribution in [0.4, 0.5) is 0 Å². The van der Waals surface area contributed by atoms with Crippen LogP contribution in [0.15, 0.2) is 34.8 Å². The molecule has 25 heavy (non-hydrogen) atoms. The molecule has 3 aliphatic rings. The zero-order valence-electron chi connectivity index (χ0n) is 15.4. The molecule has 130 valence electrons. The Morgan fingerprint density at radius 3 is 2.64 bits per heavy atom. The highest BCUT2D eigenvalue weighted by Crippen LogP contribution is 2.37. The van der Waals surface area contributed by atoms with Gasteiger partial charge in [0.2, 0.25) is 0 Å². The Morgan fingerprint density at radius 1 is 1.20 bits per heavy atom. The minimum Gasteiger partial charge on any atom is -0.477 e. The minimum atomic E-state index is -0.928. The first kappa shape index (κ1) is 17.4. The second kappa shape index (κ2) is 6.83. The Hall–Kier alpha value is -2.42. The van der Waals surface area contributed by atoms with Crippen molar-refractivity contribution in [2.45, 2.75) is 46.5 Å². The van der Waals surface area contributed by atoms with E-state index in [2.05, 4.69) is 57.0 Å². The van der Waals surface area contributed by atoms with Crippen LogP contribution < -0.4 is 0 Å². The molecule has 0 aromatic rings. The number of nitrogens with zero attached hydrogens (tertiary/aromatic N) is 1. The lowest BCUT2D eigenvalue weighted by molar-refractivity contribution is -0.129. The Balaban J connectivity index is 2.17. The van der Waals surface area contributed by atoms with Crippen molar-refractivity contribution in [2.75, 3.05) is 6.54 Å². The van der Waals surface area contributed by atoms with Gasteiger partial charge in [-0.05, 0) is 77.6 Å². The van der Waals surface area contributed by atoms with Crippen LogP contribution in [0.3, 0.4) is 0 Å². The fourth-order valence-corrected chi connectivity index (χ4v) is 3.57. The van der Waals surface area contributed by atoms with Crippen molar-refractivity contribution in [1.29, 1.82) is 0 Å². The molecule has 0 bridgehead atoms. The molecular formula is C22H25NO2. The van der Waals surface area contributed by atoms with Gasteiger partial charge in [0.05, 0.1) is 0 Å². The van der Waals surface area contributed by atoms with Gasteiger partial charge in [-0.15, -0.1) is 0 Å². The second-order valence-corrected chi connectivity index (χ2v) is 7.20. The molecule has 0 fully saturated rings. The van der Waals surface area contributed by atoms with E-state index in [9.17, 15) is 9.90 Å². The average molecular weight is 335 g/mol. The predicted molar refractivity (Wildman–Crippen MR) is 104 cm³/mol. The van der Waals surface area contributed by atoms with Crippen LogP contribution in [0, 0.1) is 13.8 Å². The van der Waals surface area contributed by atoms with E-state index < -0.39 is 5.97 Å². The van der Waals surface area contributed by atoms with E-state index in [1.807, 2.05) is 6.08 Å². The Kier molecular flexibility index (Phi) is 4.76. The van der Waals surface area contributed by atoms with Crippen molar-refractivity contribution in [3.8, 4) is 11.1 Å². The van der Waals surface area contributed by atoms with E-state index in [4.69, 9.17) is 0 Å². The summed E-state index contributed by atoms with van der Waals surface area (Å²) in [6.07, 6.45) is 3.71. The summed E-state index contributed by atoms with van der Waals surface area (Å²) < 4.78 is 0. The summed E-state index contributed by atoms with van der Waals surface area (Å²) in [5.74, 6) is -0.460. The molecule has 3 nitrogen and oxygen atoms in total. The van der Waals surface area contributed by atoms with Gasteiger partial charge in [0.25, 0.3) is 0 Å². The van der Waals surface area contributed by atoms with Gasteiger partial charge in [0, 0.05) is 6.54 Å². The molecule has 0 saturated carbocycles. The first-order valence-electron chi connectivity index (χ1n) is 8.91. The summed E-state index contributed by atoms with van der Waals surface area (Å²) in [6.45, 7) is 9.26. The molecule has 1 heterocycles. The van der Waals surface area contributed by atoms with Gasteiger partial charge < -0.3 is 5.11 Å². The molecule has 0 aromatic heterocycles. The Bertz CT molecular complexity index is 859. The smallest absolute Gasteiger partial charge is 0.354 e. The first-order chi connectivity index (χ1) is 11.9. The molecule has 3 rings (SSSR count). The summed E-state index contributed by atoms with van der Waals surface area (Å²) >= 11 is 0. The van der Waals surface area contributed by atoms with E-state index in [0.29, 0.717) is 12.5 Å². The SMILES string of the molecule is Cc1cc(/C=C2\CCCN=C2C(=O)O)c2c(C)ccc(C(C)C)cc1-2. The molecule has 0 atom stereocenters. The lowest BCUT2D eigenvalue weighted by Gasteiger charge is -2.13. The third-order valence-corrected chi connectivity index (χ3v) is 4.96. The van der Waals surface area contributed by atoms with E-state index in [1.165, 1.54) is 27.8 Å². The van der Waals surface area contributed by atoms with Gasteiger partial charge in [-0.3, -0.25) is 4.99 Å². The van der Waals surface area contributed by atoms with Crippen LogP contribution in [0.25, 0.3) is 17.2 Å². The first-order valence-corrected chi connectivity index (χ1v) is 8.91. The molecule has 0 radical (unpaired) electrons. The second-order valence-electron chi connectivity index (χ2n) is 7.20. The number of aliphatic imine (C=N–C) groups is 1. The van der Waals surface area contributed by atoms with Crippen molar-refractivity contribution in [1.82, 2.24) is 0 Å². The van der Waals surface area contributed by atoms with Gasteiger partial charge in [0.1, 0.15) is 5.71 Å². The van der Waals surface area contributed by atoms with E-state index in [1.54, 1.807) is 0 Å². The Labute approximate surface area is 149 Å². The summed E-state index contributed by atoms with van der Waals surface area (Å²) in [6, 6.07) is 8.81. The minimum absolute atomic E-state index is 0.221. The van der Waals surface area contributed by atoms with Crippen LogP contribution in [-0.4, -0.2) is 23.3 Å². The van der Waals surface area contributed by atoms with Crippen molar-refractivity contribution >= 4 is 17.8 Å². The van der Waals surface area contributed by atoms with E-state index in [0.717, 1.165) is 24.0 Å². The Morgan fingerprint density at radius 2 is 1.96 bits per heavy atom. The molecule has 0 unspecified atom stereocenters. The molecule has 0 saturated heterocycles. The monoisotopic (exact) mass is 335 g/mol. The van der Waals surface area contributed by atoms with Crippen LogP contribution in [0.5, 0.6) is 0 Å². The third-order valence-electron chi connectivity index (χ3n) is 4.96. The van der Waals surface area contributed by atoms with Crippen molar-refractivity contribution in [3.05, 3.63) is 52.1 Å². The standard InChI is InChI=1S/C22H25NO2/c1-13(2)16-8-7-14(3)20-18(10-15(4)19(20)12-16)11-17-6-5-9-23-21(17)22(24)25/h7-8,10-13H,5-6,9H2,1-4H3,(H,24,25)/b17-11+. The summed E-state index contributed by atoms with van der Waals surface area (Å²) in [5.41, 5.74) is 8.38. The number of hydrogen-bond donors (Lipinski definition) is 1. The van der Waals surface area contributed by atoms with Crippen molar-refractivity contribution < 1.29 is 9.90 Å². The van der Waals surface area contributed by atoms with Gasteiger partial charge in [-0.2, -0.15) is 0 Å². The third kappa shape index (κ3) is 3.37. The zero-order chi connectivity index (χ0) is 18.1. The number of carbonyl (C=O) groups is 1. The normalized spacial score (nSPS) is 16.5. The predicted octanol–water partition coefficient (Wildman–Crippen LogP) is 5.23. The number of hydrogen-bond acceptors (Lipinski definition) is 2. The molecule has 1 N–H and O–H groups in total. The number of aliphatic carboxylic acids is 1. The lowest BCUT2D eigenvalue weighted by Crippen LogP contribution is -2.19. The summed E-state index contributed by atoms with van der Waals surface area (Å²) in [7, 11) is 0. The maximum atomic E-state index is 11.5. The summed E-state index contributed by atoms with van der Waals surface area (Å²) in [4.78, 5) is 15.7. The maximum Gasteiger partial charge on any atom is 0.354 e. The van der Waals surface area contributed by atoms with E-state index >= 15 is 0 Å². The van der Waals surface area contributed by atoms with Crippen LogP contribution in [0.2, 0.25) is 0 Å². The fourth-order valence-electron chi connectivity index (χ4n) is 3.57. The van der Waals surface area contributed by atoms with Gasteiger partial charge in [-0.1, -0.05) is 38.1 Å². The topological polar surface area (TPSA) is 49.7 Å².